The first-order valence-corrected chi connectivity index (χ1v) is 7.03. The van der Waals surface area contributed by atoms with E-state index in [0.29, 0.717) is 29.5 Å². The molecule has 1 aliphatic heterocycles. The molecule has 1 amide bonds. The van der Waals surface area contributed by atoms with Crippen LogP contribution in [0.5, 0.6) is 0 Å². The van der Waals surface area contributed by atoms with Crippen molar-refractivity contribution in [2.45, 2.75) is 25.5 Å². The molecule has 3 unspecified atom stereocenters. The third-order valence-corrected chi connectivity index (χ3v) is 4.62. The standard InChI is InChI=1S/C15H19FN2O2/c16-13-3-1-9(15(17)20)5-11(13)7-18-6-10-2-4-14(19)12(10)8-18/h1,3,5,10,12,14,19H,2,4,6-8H2,(H2,17,20). The average Bonchev–Trinajstić information content (AvgIpc) is 2.94. The third kappa shape index (κ3) is 2.43. The fraction of sp³-hybridized carbons (Fsp3) is 0.533. The van der Waals surface area contributed by atoms with Gasteiger partial charge in [0.25, 0.3) is 0 Å². The van der Waals surface area contributed by atoms with Crippen LogP contribution in [0.3, 0.4) is 0 Å². The van der Waals surface area contributed by atoms with E-state index in [4.69, 9.17) is 5.73 Å². The molecular formula is C15H19FN2O2. The van der Waals surface area contributed by atoms with E-state index < -0.39 is 5.91 Å². The van der Waals surface area contributed by atoms with E-state index in [2.05, 4.69) is 4.90 Å². The van der Waals surface area contributed by atoms with Crippen molar-refractivity contribution < 1.29 is 14.3 Å². The monoisotopic (exact) mass is 278 g/mol. The SMILES string of the molecule is NC(=O)c1ccc(F)c(CN2CC3CCC(O)C3C2)c1. The molecule has 5 heteroatoms. The number of nitrogens with zero attached hydrogens (tertiary/aromatic N) is 1. The van der Waals surface area contributed by atoms with Crippen molar-refractivity contribution in [1.29, 1.82) is 0 Å². The third-order valence-electron chi connectivity index (χ3n) is 4.62. The molecule has 0 aromatic heterocycles. The quantitative estimate of drug-likeness (QED) is 0.871. The fourth-order valence-electron chi connectivity index (χ4n) is 3.55. The van der Waals surface area contributed by atoms with E-state index in [1.54, 1.807) is 0 Å². The summed E-state index contributed by atoms with van der Waals surface area (Å²) in [5, 5.41) is 9.89. The number of hydrogen-bond acceptors (Lipinski definition) is 3. The Morgan fingerprint density at radius 1 is 1.40 bits per heavy atom. The molecule has 1 heterocycles. The van der Waals surface area contributed by atoms with Gasteiger partial charge in [0.2, 0.25) is 5.91 Å². The van der Waals surface area contributed by atoms with Crippen molar-refractivity contribution in [2.24, 2.45) is 17.6 Å². The number of hydrogen-bond donors (Lipinski definition) is 2. The van der Waals surface area contributed by atoms with Gasteiger partial charge >= 0.3 is 0 Å². The number of aliphatic hydroxyl groups is 1. The molecule has 2 fully saturated rings. The molecule has 108 valence electrons. The first-order valence-electron chi connectivity index (χ1n) is 7.03. The van der Waals surface area contributed by atoms with Gasteiger partial charge in [0.1, 0.15) is 5.82 Å². The highest BCUT2D eigenvalue weighted by Gasteiger charge is 2.41. The second kappa shape index (κ2) is 5.14. The van der Waals surface area contributed by atoms with Crippen LogP contribution >= 0.6 is 0 Å². The second-order valence-corrected chi connectivity index (χ2v) is 5.93. The molecule has 1 saturated heterocycles. The number of benzene rings is 1. The Kier molecular flexibility index (Phi) is 3.48. The van der Waals surface area contributed by atoms with Crippen molar-refractivity contribution in [3.8, 4) is 0 Å². The molecule has 1 aromatic rings. The Balaban J connectivity index is 1.72. The number of primary amides is 1. The van der Waals surface area contributed by atoms with Crippen LogP contribution in [0.1, 0.15) is 28.8 Å². The van der Waals surface area contributed by atoms with Crippen LogP contribution < -0.4 is 5.73 Å². The zero-order valence-corrected chi connectivity index (χ0v) is 11.3. The number of aliphatic hydroxyl groups excluding tert-OH is 1. The smallest absolute Gasteiger partial charge is 0.248 e. The topological polar surface area (TPSA) is 66.6 Å². The Morgan fingerprint density at radius 2 is 2.20 bits per heavy atom. The molecule has 1 aliphatic carbocycles. The number of fused-ring (bicyclic) bond motifs is 1. The van der Waals surface area contributed by atoms with E-state index in [-0.39, 0.29) is 11.9 Å². The van der Waals surface area contributed by atoms with E-state index in [1.165, 1.54) is 18.2 Å². The number of carbonyl (C=O) groups is 1. The van der Waals surface area contributed by atoms with Gasteiger partial charge in [0.15, 0.2) is 0 Å². The van der Waals surface area contributed by atoms with Crippen LogP contribution in [0.4, 0.5) is 4.39 Å². The van der Waals surface area contributed by atoms with Crippen molar-refractivity contribution in [1.82, 2.24) is 4.90 Å². The van der Waals surface area contributed by atoms with Gasteiger partial charge in [-0.15, -0.1) is 0 Å². The Labute approximate surface area is 117 Å². The fourth-order valence-corrected chi connectivity index (χ4v) is 3.55. The molecule has 1 aromatic carbocycles. The zero-order chi connectivity index (χ0) is 14.3. The molecule has 0 radical (unpaired) electrons. The first-order chi connectivity index (χ1) is 9.54. The van der Waals surface area contributed by atoms with Crippen molar-refractivity contribution >= 4 is 5.91 Å². The van der Waals surface area contributed by atoms with Crippen molar-refractivity contribution in [3.63, 3.8) is 0 Å². The second-order valence-electron chi connectivity index (χ2n) is 5.93. The number of nitrogens with two attached hydrogens (primary N) is 1. The van der Waals surface area contributed by atoms with Crippen molar-refractivity contribution in [2.75, 3.05) is 13.1 Å². The largest absolute Gasteiger partial charge is 0.393 e. The number of halogens is 1. The minimum Gasteiger partial charge on any atom is -0.393 e. The average molecular weight is 278 g/mol. The molecule has 20 heavy (non-hydrogen) atoms. The molecule has 4 nitrogen and oxygen atoms in total. The van der Waals surface area contributed by atoms with E-state index in [9.17, 15) is 14.3 Å². The lowest BCUT2D eigenvalue weighted by molar-refractivity contribution is 0.1000. The van der Waals surface area contributed by atoms with Crippen LogP contribution in [0.2, 0.25) is 0 Å². The van der Waals surface area contributed by atoms with Crippen LogP contribution in [0.25, 0.3) is 0 Å². The molecule has 0 spiro atoms. The molecule has 0 bridgehead atoms. The maximum atomic E-state index is 13.8. The molecule has 3 N–H and O–H groups in total. The first kappa shape index (κ1) is 13.5. The predicted molar refractivity (Wildman–Crippen MR) is 72.4 cm³/mol. The van der Waals surface area contributed by atoms with Crippen molar-refractivity contribution in [3.05, 3.63) is 35.1 Å². The maximum Gasteiger partial charge on any atom is 0.248 e. The molecule has 2 aliphatic rings. The lowest BCUT2D eigenvalue weighted by atomic mass is 10.00. The van der Waals surface area contributed by atoms with Crippen LogP contribution in [0, 0.1) is 17.7 Å². The lowest BCUT2D eigenvalue weighted by Gasteiger charge is -2.18. The lowest BCUT2D eigenvalue weighted by Crippen LogP contribution is -2.25. The molecule has 3 rings (SSSR count). The highest BCUT2D eigenvalue weighted by atomic mass is 19.1. The van der Waals surface area contributed by atoms with Crippen LogP contribution in [-0.4, -0.2) is 35.1 Å². The van der Waals surface area contributed by atoms with Gasteiger partial charge in [-0.3, -0.25) is 9.69 Å². The summed E-state index contributed by atoms with van der Waals surface area (Å²) in [6, 6.07) is 4.23. The molecule has 1 saturated carbocycles. The van der Waals surface area contributed by atoms with Gasteiger partial charge < -0.3 is 10.8 Å². The van der Waals surface area contributed by atoms with Gasteiger partial charge in [-0.05, 0) is 37.0 Å². The van der Waals surface area contributed by atoms with Gasteiger partial charge in [-0.2, -0.15) is 0 Å². The number of amides is 1. The Hall–Kier alpha value is -1.46. The normalized spacial score (nSPS) is 29.6. The number of likely N-dealkylation sites (tertiary alicyclic amines) is 1. The summed E-state index contributed by atoms with van der Waals surface area (Å²) in [4.78, 5) is 13.3. The highest BCUT2D eigenvalue weighted by Crippen LogP contribution is 2.38. The summed E-state index contributed by atoms with van der Waals surface area (Å²) in [6.07, 6.45) is 1.72. The summed E-state index contributed by atoms with van der Waals surface area (Å²) in [6.45, 7) is 2.15. The van der Waals surface area contributed by atoms with E-state index in [1.807, 2.05) is 0 Å². The predicted octanol–water partition coefficient (Wildman–Crippen LogP) is 1.13. The Morgan fingerprint density at radius 3 is 2.90 bits per heavy atom. The van der Waals surface area contributed by atoms with Gasteiger partial charge in [0.05, 0.1) is 6.10 Å². The van der Waals surface area contributed by atoms with Crippen LogP contribution in [-0.2, 0) is 6.54 Å². The molecular weight excluding hydrogens is 259 g/mol. The van der Waals surface area contributed by atoms with Gasteiger partial charge in [0, 0.05) is 36.7 Å². The summed E-state index contributed by atoms with van der Waals surface area (Å²) < 4.78 is 13.8. The maximum absolute atomic E-state index is 13.8. The summed E-state index contributed by atoms with van der Waals surface area (Å²) >= 11 is 0. The minimum atomic E-state index is -0.542. The van der Waals surface area contributed by atoms with E-state index in [0.717, 1.165) is 25.9 Å². The van der Waals surface area contributed by atoms with Gasteiger partial charge in [-0.1, -0.05) is 0 Å². The number of rotatable bonds is 3. The zero-order valence-electron chi connectivity index (χ0n) is 11.3. The van der Waals surface area contributed by atoms with E-state index >= 15 is 0 Å². The van der Waals surface area contributed by atoms with Gasteiger partial charge in [-0.25, -0.2) is 4.39 Å². The molecule has 3 atom stereocenters. The highest BCUT2D eigenvalue weighted by molar-refractivity contribution is 5.92. The Bertz CT molecular complexity index is 535. The summed E-state index contributed by atoms with van der Waals surface area (Å²) in [5.41, 5.74) is 6.06. The minimum absolute atomic E-state index is 0.216. The summed E-state index contributed by atoms with van der Waals surface area (Å²) in [7, 11) is 0. The van der Waals surface area contributed by atoms with Crippen LogP contribution in [0.15, 0.2) is 18.2 Å². The number of carbonyl (C=O) groups excluding carboxylic acids is 1. The summed E-state index contributed by atoms with van der Waals surface area (Å²) in [5.74, 6) is -0.0164.